The molecule has 2 unspecified atom stereocenters. The second kappa shape index (κ2) is 10.9. The molecule has 1 aromatic carbocycles. The van der Waals surface area contributed by atoms with Crippen LogP contribution in [-0.4, -0.2) is 62.4 Å². The molecule has 36 heavy (non-hydrogen) atoms. The quantitative estimate of drug-likeness (QED) is 0.260. The number of rotatable bonds is 5. The Hall–Kier alpha value is -3.06. The zero-order chi connectivity index (χ0) is 25.1. The molecule has 0 bridgehead atoms. The number of carbonyl (C=O) groups is 1. The SMILES string of the molecule is CC(I)NC(=O)Nc1ccc(-c2nc3c(c(N4CCOCC4C)n2)CCN(c2ccncn2)C3)cc1. The minimum atomic E-state index is -0.233. The van der Waals surface area contributed by atoms with Gasteiger partial charge in [-0.05, 0) is 50.6 Å². The van der Waals surface area contributed by atoms with Gasteiger partial charge in [0, 0.05) is 36.1 Å². The normalized spacial score (nSPS) is 18.4. The molecule has 1 fully saturated rings. The van der Waals surface area contributed by atoms with E-state index in [9.17, 15) is 4.79 Å². The smallest absolute Gasteiger partial charge is 0.320 e. The van der Waals surface area contributed by atoms with Crippen molar-refractivity contribution in [1.29, 1.82) is 0 Å². The van der Waals surface area contributed by atoms with E-state index in [1.54, 1.807) is 12.5 Å². The molecule has 5 rings (SSSR count). The van der Waals surface area contributed by atoms with E-state index < -0.39 is 0 Å². The first-order valence-electron chi connectivity index (χ1n) is 12.0. The topological polar surface area (TPSA) is 108 Å². The second-order valence-electron chi connectivity index (χ2n) is 8.94. The molecule has 2 atom stereocenters. The molecule has 3 aromatic rings. The lowest BCUT2D eigenvalue weighted by Crippen LogP contribution is -2.45. The van der Waals surface area contributed by atoms with Crippen LogP contribution in [0.4, 0.5) is 22.1 Å². The lowest BCUT2D eigenvalue weighted by molar-refractivity contribution is 0.0984. The number of amides is 2. The van der Waals surface area contributed by atoms with Gasteiger partial charge in [0.15, 0.2) is 5.82 Å². The molecule has 0 spiro atoms. The van der Waals surface area contributed by atoms with Gasteiger partial charge in [0.1, 0.15) is 18.0 Å². The fraction of sp³-hybridized carbons (Fsp3) is 0.400. The van der Waals surface area contributed by atoms with Crippen LogP contribution in [-0.2, 0) is 17.7 Å². The predicted molar refractivity (Wildman–Crippen MR) is 148 cm³/mol. The summed E-state index contributed by atoms with van der Waals surface area (Å²) >= 11 is 2.15. The van der Waals surface area contributed by atoms with E-state index in [0.717, 1.165) is 42.4 Å². The number of hydrogen-bond acceptors (Lipinski definition) is 8. The molecule has 2 N–H and O–H groups in total. The summed E-state index contributed by atoms with van der Waals surface area (Å²) in [5.41, 5.74) is 3.81. The third kappa shape index (κ3) is 5.51. The fourth-order valence-corrected chi connectivity index (χ4v) is 4.82. The highest BCUT2D eigenvalue weighted by molar-refractivity contribution is 14.1. The Kier molecular flexibility index (Phi) is 7.46. The molecule has 10 nitrogen and oxygen atoms in total. The lowest BCUT2D eigenvalue weighted by Gasteiger charge is -2.38. The molecule has 11 heteroatoms. The van der Waals surface area contributed by atoms with Crippen molar-refractivity contribution in [3.63, 3.8) is 0 Å². The summed E-state index contributed by atoms with van der Waals surface area (Å²) in [5.74, 6) is 2.56. The van der Waals surface area contributed by atoms with Crippen molar-refractivity contribution < 1.29 is 9.53 Å². The molecular formula is C25H29IN8O2. The number of fused-ring (bicyclic) bond motifs is 1. The minimum Gasteiger partial charge on any atom is -0.377 e. The molecule has 4 heterocycles. The number of hydrogen-bond donors (Lipinski definition) is 2. The first-order chi connectivity index (χ1) is 17.5. The number of nitrogens with zero attached hydrogens (tertiary/aromatic N) is 6. The predicted octanol–water partition coefficient (Wildman–Crippen LogP) is 3.62. The largest absolute Gasteiger partial charge is 0.377 e. The Morgan fingerprint density at radius 3 is 2.75 bits per heavy atom. The van der Waals surface area contributed by atoms with Crippen molar-refractivity contribution in [3.8, 4) is 11.4 Å². The molecule has 2 aromatic heterocycles. The minimum absolute atomic E-state index is 0.0358. The van der Waals surface area contributed by atoms with Crippen LogP contribution >= 0.6 is 22.6 Å². The first-order valence-corrected chi connectivity index (χ1v) is 13.3. The van der Waals surface area contributed by atoms with Crippen LogP contribution in [0.3, 0.4) is 0 Å². The van der Waals surface area contributed by atoms with Crippen molar-refractivity contribution in [1.82, 2.24) is 25.3 Å². The maximum absolute atomic E-state index is 12.1. The summed E-state index contributed by atoms with van der Waals surface area (Å²) in [7, 11) is 0. The van der Waals surface area contributed by atoms with Crippen LogP contribution in [0.1, 0.15) is 25.1 Å². The molecule has 0 radical (unpaired) electrons. The number of halogens is 1. The van der Waals surface area contributed by atoms with E-state index in [4.69, 9.17) is 14.7 Å². The summed E-state index contributed by atoms with van der Waals surface area (Å²) in [5, 5.41) is 5.68. The maximum atomic E-state index is 12.1. The monoisotopic (exact) mass is 600 g/mol. The van der Waals surface area contributed by atoms with Crippen LogP contribution in [0.15, 0.2) is 42.9 Å². The van der Waals surface area contributed by atoms with Crippen molar-refractivity contribution in [2.75, 3.05) is 41.4 Å². The molecule has 2 amide bonds. The Morgan fingerprint density at radius 1 is 1.19 bits per heavy atom. The average molecular weight is 600 g/mol. The lowest BCUT2D eigenvalue weighted by atomic mass is 10.0. The van der Waals surface area contributed by atoms with Crippen molar-refractivity contribution >= 4 is 45.9 Å². The zero-order valence-corrected chi connectivity index (χ0v) is 22.5. The van der Waals surface area contributed by atoms with E-state index >= 15 is 0 Å². The van der Waals surface area contributed by atoms with Gasteiger partial charge >= 0.3 is 6.03 Å². The summed E-state index contributed by atoms with van der Waals surface area (Å²) in [6.45, 7) is 7.75. The molecular weight excluding hydrogens is 571 g/mol. The van der Waals surface area contributed by atoms with Crippen molar-refractivity contribution in [3.05, 3.63) is 54.1 Å². The third-order valence-electron chi connectivity index (χ3n) is 6.30. The van der Waals surface area contributed by atoms with E-state index in [2.05, 4.69) is 59.9 Å². The number of carbonyl (C=O) groups excluding carboxylic acids is 1. The zero-order valence-electron chi connectivity index (χ0n) is 20.3. The van der Waals surface area contributed by atoms with Crippen LogP contribution in [0.5, 0.6) is 0 Å². The number of ether oxygens (including phenoxy) is 1. The highest BCUT2D eigenvalue weighted by Gasteiger charge is 2.29. The Balaban J connectivity index is 1.47. The third-order valence-corrected chi connectivity index (χ3v) is 6.62. The Bertz CT molecular complexity index is 1210. The number of alkyl halides is 1. The van der Waals surface area contributed by atoms with Gasteiger partial charge in [-0.25, -0.2) is 24.7 Å². The summed E-state index contributed by atoms with van der Waals surface area (Å²) in [6.07, 6.45) is 4.18. The van der Waals surface area contributed by atoms with Gasteiger partial charge in [0.2, 0.25) is 0 Å². The highest BCUT2D eigenvalue weighted by atomic mass is 127. The highest BCUT2D eigenvalue weighted by Crippen LogP contribution is 2.32. The first kappa shape index (κ1) is 24.6. The summed E-state index contributed by atoms with van der Waals surface area (Å²) in [4.78, 5) is 35.2. The fourth-order valence-electron chi connectivity index (χ4n) is 4.54. The van der Waals surface area contributed by atoms with Gasteiger partial charge in [-0.15, -0.1) is 0 Å². The number of morpholine rings is 1. The Morgan fingerprint density at radius 2 is 2.03 bits per heavy atom. The number of benzene rings is 1. The molecule has 1 saturated heterocycles. The number of anilines is 3. The van der Waals surface area contributed by atoms with Crippen LogP contribution in [0.25, 0.3) is 11.4 Å². The van der Waals surface area contributed by atoms with Crippen molar-refractivity contribution in [2.24, 2.45) is 0 Å². The summed E-state index contributed by atoms with van der Waals surface area (Å²) < 4.78 is 5.72. The van der Waals surface area contributed by atoms with Gasteiger partial charge in [-0.2, -0.15) is 0 Å². The summed E-state index contributed by atoms with van der Waals surface area (Å²) in [6, 6.07) is 9.57. The molecule has 2 aliphatic rings. The van der Waals surface area contributed by atoms with Gasteiger partial charge in [-0.1, -0.05) is 22.6 Å². The van der Waals surface area contributed by atoms with Gasteiger partial charge in [-0.3, -0.25) is 0 Å². The van der Waals surface area contributed by atoms with Gasteiger partial charge < -0.3 is 25.2 Å². The molecule has 0 aliphatic carbocycles. The number of nitrogens with one attached hydrogen (secondary N) is 2. The van der Waals surface area contributed by atoms with Crippen LogP contribution in [0.2, 0.25) is 0 Å². The standard InChI is InChI=1S/C25H29IN8O2/c1-16-14-36-12-11-34(16)24-20-8-10-33(22-7-9-27-15-28-22)13-21(20)31-23(32-24)18-3-5-19(6-4-18)30-25(35)29-17(2)26/h3-7,9,15-17H,8,10-14H2,1-2H3,(H2,29,30,35). The van der Waals surface area contributed by atoms with E-state index in [1.165, 1.54) is 5.56 Å². The molecule has 0 saturated carbocycles. The van der Waals surface area contributed by atoms with E-state index in [0.29, 0.717) is 31.3 Å². The second-order valence-corrected chi connectivity index (χ2v) is 10.8. The average Bonchev–Trinajstić information content (AvgIpc) is 2.88. The van der Waals surface area contributed by atoms with E-state index in [-0.39, 0.29) is 16.1 Å². The molecule has 2 aliphatic heterocycles. The number of aromatic nitrogens is 4. The van der Waals surface area contributed by atoms with Gasteiger partial charge in [0.05, 0.1) is 35.5 Å². The van der Waals surface area contributed by atoms with Crippen LogP contribution in [0, 0.1) is 0 Å². The maximum Gasteiger partial charge on any atom is 0.320 e. The Labute approximate surface area is 224 Å². The van der Waals surface area contributed by atoms with E-state index in [1.807, 2.05) is 37.3 Å². The van der Waals surface area contributed by atoms with Crippen molar-refractivity contribution in [2.45, 2.75) is 36.9 Å². The number of urea groups is 1. The van der Waals surface area contributed by atoms with Gasteiger partial charge in [0.25, 0.3) is 0 Å². The molecule has 188 valence electrons. The van der Waals surface area contributed by atoms with Crippen LogP contribution < -0.4 is 20.4 Å².